The number of carbonyl (C=O) groups excluding carboxylic acids is 3. The minimum Gasteiger partial charge on any atom is -0.347 e. The Morgan fingerprint density at radius 3 is 2.44 bits per heavy atom. The monoisotopic (exact) mass is 422 g/mol. The largest absolute Gasteiger partial charge is 0.347 e. The maximum absolute atomic E-state index is 11.9. The lowest BCUT2D eigenvalue weighted by molar-refractivity contribution is -0.124. The van der Waals surface area contributed by atoms with Crippen LogP contribution in [0.15, 0.2) is 34.8 Å². The molecule has 1 aromatic carbocycles. The van der Waals surface area contributed by atoms with Crippen molar-refractivity contribution in [3.05, 3.63) is 50.1 Å². The summed E-state index contributed by atoms with van der Waals surface area (Å²) in [7, 11) is 0. The van der Waals surface area contributed by atoms with Crippen molar-refractivity contribution < 1.29 is 14.4 Å². The number of thiophene rings is 1. The normalized spacial score (nSPS) is 10.4. The molecule has 0 saturated heterocycles. The zero-order valence-corrected chi connectivity index (χ0v) is 16.4. The molecular formula is C18H19BrN2O3S. The number of hydrogen-bond acceptors (Lipinski definition) is 4. The molecule has 0 atom stereocenters. The summed E-state index contributed by atoms with van der Waals surface area (Å²) >= 11 is 4.82. The van der Waals surface area contributed by atoms with Crippen LogP contribution in [-0.2, 0) is 9.59 Å². The van der Waals surface area contributed by atoms with Crippen LogP contribution in [0, 0.1) is 13.8 Å². The molecule has 0 aliphatic rings. The zero-order valence-electron chi connectivity index (χ0n) is 14.0. The lowest BCUT2D eigenvalue weighted by Crippen LogP contribution is -2.33. The highest BCUT2D eigenvalue weighted by Gasteiger charge is 2.12. The SMILES string of the molecule is Cc1ccc(C(=O)CCC(=O)NCC(=O)Nc2ccc(Br)c(C)c2)s1. The van der Waals surface area contributed by atoms with Crippen molar-refractivity contribution in [2.75, 3.05) is 11.9 Å². The number of aryl methyl sites for hydroxylation is 2. The van der Waals surface area contributed by atoms with Crippen LogP contribution in [0.5, 0.6) is 0 Å². The van der Waals surface area contributed by atoms with Crippen LogP contribution in [0.4, 0.5) is 5.69 Å². The predicted octanol–water partition coefficient (Wildman–Crippen LogP) is 3.85. The Labute approximate surface area is 159 Å². The molecule has 1 aromatic heterocycles. The summed E-state index contributed by atoms with van der Waals surface area (Å²) in [6, 6.07) is 9.12. The van der Waals surface area contributed by atoms with Gasteiger partial charge < -0.3 is 10.6 Å². The number of rotatable bonds is 7. The number of halogens is 1. The Morgan fingerprint density at radius 1 is 1.04 bits per heavy atom. The molecule has 7 heteroatoms. The van der Waals surface area contributed by atoms with Gasteiger partial charge in [-0.1, -0.05) is 15.9 Å². The molecule has 0 spiro atoms. The number of nitrogens with one attached hydrogen (secondary N) is 2. The van der Waals surface area contributed by atoms with E-state index in [0.717, 1.165) is 14.9 Å². The van der Waals surface area contributed by atoms with Gasteiger partial charge >= 0.3 is 0 Å². The molecule has 5 nitrogen and oxygen atoms in total. The second-order valence-corrected chi connectivity index (χ2v) is 7.76. The van der Waals surface area contributed by atoms with Crippen LogP contribution in [0.25, 0.3) is 0 Å². The van der Waals surface area contributed by atoms with Crippen molar-refractivity contribution in [3.8, 4) is 0 Å². The topological polar surface area (TPSA) is 75.3 Å². The summed E-state index contributed by atoms with van der Waals surface area (Å²) in [6.07, 6.45) is 0.208. The van der Waals surface area contributed by atoms with E-state index in [4.69, 9.17) is 0 Å². The van der Waals surface area contributed by atoms with Crippen LogP contribution < -0.4 is 10.6 Å². The lowest BCUT2D eigenvalue weighted by atomic mass is 10.2. The molecule has 0 aliphatic carbocycles. The fourth-order valence-corrected chi connectivity index (χ4v) is 3.21. The smallest absolute Gasteiger partial charge is 0.243 e. The average Bonchev–Trinajstić information content (AvgIpc) is 3.00. The van der Waals surface area contributed by atoms with Gasteiger partial charge in [0.25, 0.3) is 0 Å². The predicted molar refractivity (Wildman–Crippen MR) is 103 cm³/mol. The second-order valence-electron chi connectivity index (χ2n) is 5.62. The van der Waals surface area contributed by atoms with E-state index < -0.39 is 0 Å². The van der Waals surface area contributed by atoms with Gasteiger partial charge in [-0.25, -0.2) is 0 Å². The zero-order chi connectivity index (χ0) is 18.4. The van der Waals surface area contributed by atoms with Crippen molar-refractivity contribution in [3.63, 3.8) is 0 Å². The third-order valence-corrected chi connectivity index (χ3v) is 5.41. The first-order valence-corrected chi connectivity index (χ1v) is 9.38. The highest BCUT2D eigenvalue weighted by atomic mass is 79.9. The van der Waals surface area contributed by atoms with E-state index in [1.165, 1.54) is 11.3 Å². The van der Waals surface area contributed by atoms with Crippen LogP contribution in [0.1, 0.15) is 33.0 Å². The number of Topliss-reactive ketones (excluding diaryl/α,β-unsaturated/α-hetero) is 1. The van der Waals surface area contributed by atoms with Crippen LogP contribution in [0.2, 0.25) is 0 Å². The van der Waals surface area contributed by atoms with E-state index >= 15 is 0 Å². The molecule has 2 rings (SSSR count). The van der Waals surface area contributed by atoms with Crippen LogP contribution >= 0.6 is 27.3 Å². The first-order valence-electron chi connectivity index (χ1n) is 7.77. The second kappa shape index (κ2) is 8.92. The van der Waals surface area contributed by atoms with E-state index in [0.29, 0.717) is 10.6 Å². The summed E-state index contributed by atoms with van der Waals surface area (Å²) in [5.41, 5.74) is 1.67. The Hall–Kier alpha value is -1.99. The fourth-order valence-electron chi connectivity index (χ4n) is 2.13. The maximum atomic E-state index is 11.9. The van der Waals surface area contributed by atoms with Gasteiger partial charge in [0.05, 0.1) is 11.4 Å². The molecule has 1 heterocycles. The van der Waals surface area contributed by atoms with Crippen molar-refractivity contribution in [2.24, 2.45) is 0 Å². The Balaban J connectivity index is 1.72. The van der Waals surface area contributed by atoms with Gasteiger partial charge in [0.15, 0.2) is 5.78 Å². The van der Waals surface area contributed by atoms with Gasteiger partial charge in [-0.3, -0.25) is 14.4 Å². The molecule has 0 bridgehead atoms. The van der Waals surface area contributed by atoms with E-state index in [1.54, 1.807) is 12.1 Å². The van der Waals surface area contributed by atoms with Gasteiger partial charge in [0.1, 0.15) is 0 Å². The molecular weight excluding hydrogens is 404 g/mol. The Bertz CT molecular complexity index is 801. The molecule has 0 radical (unpaired) electrons. The molecule has 132 valence electrons. The number of amides is 2. The minimum absolute atomic E-state index is 0.0527. The van der Waals surface area contributed by atoms with Gasteiger partial charge in [0, 0.05) is 27.9 Å². The molecule has 2 N–H and O–H groups in total. The Kier molecular flexibility index (Phi) is 6.90. The third kappa shape index (κ3) is 6.10. The highest BCUT2D eigenvalue weighted by Crippen LogP contribution is 2.20. The molecule has 0 fully saturated rings. The van der Waals surface area contributed by atoms with Crippen LogP contribution in [0.3, 0.4) is 0 Å². The Morgan fingerprint density at radius 2 is 1.80 bits per heavy atom. The van der Waals surface area contributed by atoms with E-state index in [9.17, 15) is 14.4 Å². The van der Waals surface area contributed by atoms with Crippen molar-refractivity contribution >= 4 is 50.6 Å². The number of ketones is 1. The molecule has 0 unspecified atom stereocenters. The number of carbonyl (C=O) groups is 3. The van der Waals surface area contributed by atoms with Gasteiger partial charge in [-0.05, 0) is 49.7 Å². The maximum Gasteiger partial charge on any atom is 0.243 e. The summed E-state index contributed by atoms with van der Waals surface area (Å²) in [6.45, 7) is 3.73. The summed E-state index contributed by atoms with van der Waals surface area (Å²) in [4.78, 5) is 37.3. The van der Waals surface area contributed by atoms with Gasteiger partial charge in [0.2, 0.25) is 11.8 Å². The molecule has 2 amide bonds. The average molecular weight is 423 g/mol. The standard InChI is InChI=1S/C18H19BrN2O3S/c1-11-9-13(4-5-14(11)19)21-18(24)10-20-17(23)8-6-15(22)16-7-3-12(2)25-16/h3-5,7,9H,6,8,10H2,1-2H3,(H,20,23)(H,21,24). The molecule has 0 aliphatic heterocycles. The first-order chi connectivity index (χ1) is 11.8. The number of hydrogen-bond donors (Lipinski definition) is 2. The van der Waals surface area contributed by atoms with Crippen molar-refractivity contribution in [1.29, 1.82) is 0 Å². The van der Waals surface area contributed by atoms with Crippen molar-refractivity contribution in [1.82, 2.24) is 5.32 Å². The summed E-state index contributed by atoms with van der Waals surface area (Å²) in [5.74, 6) is -0.679. The highest BCUT2D eigenvalue weighted by molar-refractivity contribution is 9.10. The minimum atomic E-state index is -0.316. The van der Waals surface area contributed by atoms with Crippen LogP contribution in [-0.4, -0.2) is 24.1 Å². The lowest BCUT2D eigenvalue weighted by Gasteiger charge is -2.08. The first kappa shape index (κ1) is 19.3. The summed E-state index contributed by atoms with van der Waals surface area (Å²) in [5, 5.41) is 5.25. The van der Waals surface area contributed by atoms with E-state index in [-0.39, 0.29) is 37.0 Å². The summed E-state index contributed by atoms with van der Waals surface area (Å²) < 4.78 is 0.962. The van der Waals surface area contributed by atoms with Crippen molar-refractivity contribution in [2.45, 2.75) is 26.7 Å². The fraction of sp³-hybridized carbons (Fsp3) is 0.278. The molecule has 0 saturated carbocycles. The number of anilines is 1. The number of benzene rings is 1. The molecule has 25 heavy (non-hydrogen) atoms. The quantitative estimate of drug-likeness (QED) is 0.665. The third-order valence-electron chi connectivity index (χ3n) is 3.48. The van der Waals surface area contributed by atoms with Gasteiger partial charge in [-0.15, -0.1) is 11.3 Å². The van der Waals surface area contributed by atoms with Gasteiger partial charge in [-0.2, -0.15) is 0 Å². The van der Waals surface area contributed by atoms with E-state index in [2.05, 4.69) is 26.6 Å². The molecule has 2 aromatic rings. The van der Waals surface area contributed by atoms with E-state index in [1.807, 2.05) is 32.0 Å².